The van der Waals surface area contributed by atoms with Gasteiger partial charge in [-0.25, -0.2) is 0 Å². The fourth-order valence-corrected chi connectivity index (χ4v) is 2.20. The molecule has 0 amide bonds. The summed E-state index contributed by atoms with van der Waals surface area (Å²) in [6.45, 7) is 4.32. The summed E-state index contributed by atoms with van der Waals surface area (Å²) in [5.41, 5.74) is 5.15. The van der Waals surface area contributed by atoms with Gasteiger partial charge in [0.1, 0.15) is 0 Å². The summed E-state index contributed by atoms with van der Waals surface area (Å²) in [7, 11) is 0. The van der Waals surface area contributed by atoms with E-state index in [1.807, 2.05) is 0 Å². The quantitative estimate of drug-likeness (QED) is 0.678. The van der Waals surface area contributed by atoms with E-state index in [2.05, 4.69) is 26.0 Å². The molecule has 0 unspecified atom stereocenters. The standard InChI is InChI=1S/C12H16Cl2/c1-3-9-5-10(4-2)12(8-14)6-11(9)7-13/h5-6H,3-4,7-8H2,1-2H3. The zero-order valence-corrected chi connectivity index (χ0v) is 10.3. The van der Waals surface area contributed by atoms with E-state index in [9.17, 15) is 0 Å². The van der Waals surface area contributed by atoms with Crippen molar-refractivity contribution in [2.24, 2.45) is 0 Å². The van der Waals surface area contributed by atoms with Crippen molar-refractivity contribution in [3.63, 3.8) is 0 Å². The van der Waals surface area contributed by atoms with Crippen molar-refractivity contribution in [3.8, 4) is 0 Å². The van der Waals surface area contributed by atoms with Gasteiger partial charge in [0, 0.05) is 11.8 Å². The highest BCUT2D eigenvalue weighted by molar-refractivity contribution is 6.17. The molecule has 0 saturated carbocycles. The Labute approximate surface area is 96.2 Å². The lowest BCUT2D eigenvalue weighted by atomic mass is 9.97. The van der Waals surface area contributed by atoms with E-state index in [4.69, 9.17) is 23.2 Å². The van der Waals surface area contributed by atoms with Crippen LogP contribution in [0.25, 0.3) is 0 Å². The molecule has 0 atom stereocenters. The molecule has 1 rings (SSSR count). The smallest absolute Gasteiger partial charge is 0.0476 e. The Balaban J connectivity index is 3.20. The molecule has 0 aromatic heterocycles. The zero-order valence-electron chi connectivity index (χ0n) is 8.74. The highest BCUT2D eigenvalue weighted by Gasteiger charge is 2.06. The molecular formula is C12H16Cl2. The molecule has 0 N–H and O–H groups in total. The average Bonchev–Trinajstić information content (AvgIpc) is 2.26. The Morgan fingerprint density at radius 2 is 1.14 bits per heavy atom. The second-order valence-corrected chi connectivity index (χ2v) is 3.90. The lowest BCUT2D eigenvalue weighted by Crippen LogP contribution is -1.97. The highest BCUT2D eigenvalue weighted by Crippen LogP contribution is 2.21. The summed E-state index contributed by atoms with van der Waals surface area (Å²) < 4.78 is 0. The maximum absolute atomic E-state index is 5.89. The third kappa shape index (κ3) is 2.43. The fourth-order valence-electron chi connectivity index (χ4n) is 1.70. The van der Waals surface area contributed by atoms with Gasteiger partial charge in [-0.3, -0.25) is 0 Å². The van der Waals surface area contributed by atoms with Crippen molar-refractivity contribution in [2.45, 2.75) is 38.4 Å². The molecule has 14 heavy (non-hydrogen) atoms. The molecule has 0 bridgehead atoms. The third-order valence-corrected chi connectivity index (χ3v) is 3.15. The largest absolute Gasteiger partial charge is 0.122 e. The van der Waals surface area contributed by atoms with Gasteiger partial charge in [-0.1, -0.05) is 26.0 Å². The molecule has 0 radical (unpaired) electrons. The van der Waals surface area contributed by atoms with Crippen LogP contribution in [-0.4, -0.2) is 0 Å². The summed E-state index contributed by atoms with van der Waals surface area (Å²) in [5.74, 6) is 1.16. The Morgan fingerprint density at radius 3 is 1.43 bits per heavy atom. The number of rotatable bonds is 4. The normalized spacial score (nSPS) is 10.6. The van der Waals surface area contributed by atoms with E-state index in [0.717, 1.165) is 12.8 Å². The predicted octanol–water partition coefficient (Wildman–Crippen LogP) is 4.29. The number of benzene rings is 1. The van der Waals surface area contributed by atoms with E-state index in [1.165, 1.54) is 22.3 Å². The highest BCUT2D eigenvalue weighted by atomic mass is 35.5. The number of aryl methyl sites for hydroxylation is 2. The van der Waals surface area contributed by atoms with Gasteiger partial charge < -0.3 is 0 Å². The Morgan fingerprint density at radius 1 is 0.786 bits per heavy atom. The minimum absolute atomic E-state index is 0.580. The molecule has 78 valence electrons. The molecule has 0 saturated heterocycles. The van der Waals surface area contributed by atoms with Gasteiger partial charge in [0.25, 0.3) is 0 Å². The Hall–Kier alpha value is -0.200. The minimum atomic E-state index is 0.580. The van der Waals surface area contributed by atoms with Gasteiger partial charge in [0.05, 0.1) is 0 Å². The molecule has 0 aliphatic rings. The first-order chi connectivity index (χ1) is 6.76. The van der Waals surface area contributed by atoms with Crippen molar-refractivity contribution < 1.29 is 0 Å². The molecule has 0 fully saturated rings. The van der Waals surface area contributed by atoms with Gasteiger partial charge in [-0.2, -0.15) is 0 Å². The molecule has 1 aromatic carbocycles. The number of alkyl halides is 2. The fraction of sp³-hybridized carbons (Fsp3) is 0.500. The molecular weight excluding hydrogens is 215 g/mol. The first-order valence-corrected chi connectivity index (χ1v) is 6.09. The molecule has 2 heteroatoms. The summed E-state index contributed by atoms with van der Waals surface area (Å²) in [5, 5.41) is 0. The summed E-state index contributed by atoms with van der Waals surface area (Å²) in [6.07, 6.45) is 2.08. The summed E-state index contributed by atoms with van der Waals surface area (Å²) >= 11 is 11.8. The Bertz CT molecular complexity index is 247. The maximum atomic E-state index is 5.89. The van der Waals surface area contributed by atoms with Crippen molar-refractivity contribution in [2.75, 3.05) is 0 Å². The molecule has 0 spiro atoms. The second kappa shape index (κ2) is 5.63. The lowest BCUT2D eigenvalue weighted by Gasteiger charge is -2.11. The maximum Gasteiger partial charge on any atom is 0.0476 e. The van der Waals surface area contributed by atoms with Crippen molar-refractivity contribution >= 4 is 23.2 Å². The van der Waals surface area contributed by atoms with Crippen LogP contribution in [0, 0.1) is 0 Å². The van der Waals surface area contributed by atoms with E-state index in [1.54, 1.807) is 0 Å². The van der Waals surface area contributed by atoms with Crippen LogP contribution < -0.4 is 0 Å². The van der Waals surface area contributed by atoms with Gasteiger partial charge in [0.15, 0.2) is 0 Å². The third-order valence-electron chi connectivity index (χ3n) is 2.57. The van der Waals surface area contributed by atoms with Crippen LogP contribution in [0.2, 0.25) is 0 Å². The van der Waals surface area contributed by atoms with E-state index in [-0.39, 0.29) is 0 Å². The molecule has 1 aromatic rings. The molecule has 0 aliphatic heterocycles. The SMILES string of the molecule is CCc1cc(CC)c(CCl)cc1CCl. The van der Waals surface area contributed by atoms with Crippen LogP contribution in [0.3, 0.4) is 0 Å². The van der Waals surface area contributed by atoms with Crippen LogP contribution in [-0.2, 0) is 24.6 Å². The lowest BCUT2D eigenvalue weighted by molar-refractivity contribution is 1.03. The summed E-state index contributed by atoms with van der Waals surface area (Å²) in [4.78, 5) is 0. The first kappa shape index (κ1) is 11.9. The number of halogens is 2. The monoisotopic (exact) mass is 230 g/mol. The van der Waals surface area contributed by atoms with Crippen molar-refractivity contribution in [3.05, 3.63) is 34.4 Å². The van der Waals surface area contributed by atoms with E-state index < -0.39 is 0 Å². The van der Waals surface area contributed by atoms with Crippen LogP contribution in [0.1, 0.15) is 36.1 Å². The number of hydrogen-bond acceptors (Lipinski definition) is 0. The van der Waals surface area contributed by atoms with Crippen LogP contribution in [0.5, 0.6) is 0 Å². The average molecular weight is 231 g/mol. The van der Waals surface area contributed by atoms with E-state index >= 15 is 0 Å². The molecule has 0 heterocycles. The van der Waals surface area contributed by atoms with Gasteiger partial charge in [0.2, 0.25) is 0 Å². The molecule has 0 nitrogen and oxygen atoms in total. The Kier molecular flexibility index (Phi) is 4.77. The first-order valence-electron chi connectivity index (χ1n) is 5.02. The number of hydrogen-bond donors (Lipinski definition) is 0. The van der Waals surface area contributed by atoms with Crippen LogP contribution in [0.15, 0.2) is 12.1 Å². The van der Waals surface area contributed by atoms with Crippen molar-refractivity contribution in [1.82, 2.24) is 0 Å². The van der Waals surface area contributed by atoms with E-state index in [0.29, 0.717) is 11.8 Å². The van der Waals surface area contributed by atoms with Gasteiger partial charge in [-0.05, 0) is 35.1 Å². The van der Waals surface area contributed by atoms with Crippen molar-refractivity contribution in [1.29, 1.82) is 0 Å². The van der Waals surface area contributed by atoms with Crippen LogP contribution >= 0.6 is 23.2 Å². The predicted molar refractivity (Wildman–Crippen MR) is 64.3 cm³/mol. The molecule has 0 aliphatic carbocycles. The summed E-state index contributed by atoms with van der Waals surface area (Å²) in [6, 6.07) is 4.40. The van der Waals surface area contributed by atoms with Crippen LogP contribution in [0.4, 0.5) is 0 Å². The zero-order chi connectivity index (χ0) is 10.6. The second-order valence-electron chi connectivity index (χ2n) is 3.36. The topological polar surface area (TPSA) is 0 Å². The minimum Gasteiger partial charge on any atom is -0.122 e. The van der Waals surface area contributed by atoms with Gasteiger partial charge >= 0.3 is 0 Å². The van der Waals surface area contributed by atoms with Gasteiger partial charge in [-0.15, -0.1) is 23.2 Å².